The second-order valence-corrected chi connectivity index (χ2v) is 5.55. The van der Waals surface area contributed by atoms with Crippen LogP contribution < -0.4 is 0 Å². The summed E-state index contributed by atoms with van der Waals surface area (Å²) in [7, 11) is 0. The fourth-order valence-corrected chi connectivity index (χ4v) is 2.03. The molecule has 1 saturated carbocycles. The van der Waals surface area contributed by atoms with Crippen molar-refractivity contribution in [1.82, 2.24) is 0 Å². The number of ether oxygens (including phenoxy) is 1. The summed E-state index contributed by atoms with van der Waals surface area (Å²) in [6, 6.07) is 0. The van der Waals surface area contributed by atoms with Gasteiger partial charge < -0.3 is 9.84 Å². The average Bonchev–Trinajstić information content (AvgIpc) is 1.99. The summed E-state index contributed by atoms with van der Waals surface area (Å²) in [6.07, 6.45) is 4.79. The topological polar surface area (TPSA) is 46.5 Å². The van der Waals surface area contributed by atoms with Gasteiger partial charge in [0.05, 0.1) is 12.0 Å². The molecule has 0 aromatic heterocycles. The van der Waals surface area contributed by atoms with Gasteiger partial charge in [0.15, 0.2) is 0 Å². The van der Waals surface area contributed by atoms with Crippen molar-refractivity contribution >= 4 is 5.97 Å². The van der Waals surface area contributed by atoms with E-state index >= 15 is 0 Å². The minimum absolute atomic E-state index is 0.143. The molecule has 1 N–H and O–H groups in total. The van der Waals surface area contributed by atoms with Crippen LogP contribution in [0.1, 0.15) is 59.3 Å². The second-order valence-electron chi connectivity index (χ2n) is 5.55. The van der Waals surface area contributed by atoms with Crippen molar-refractivity contribution in [3.05, 3.63) is 0 Å². The zero-order chi connectivity index (χ0) is 11.5. The first-order valence-electron chi connectivity index (χ1n) is 5.75. The lowest BCUT2D eigenvalue weighted by Gasteiger charge is -2.32. The van der Waals surface area contributed by atoms with Crippen LogP contribution in [0.15, 0.2) is 0 Å². The van der Waals surface area contributed by atoms with Gasteiger partial charge >= 0.3 is 5.97 Å². The molecule has 0 saturated heterocycles. The predicted molar refractivity (Wildman–Crippen MR) is 58.5 cm³/mol. The molecule has 0 aliphatic heterocycles. The SMILES string of the molecule is CC(C)(C)OC(=O)CC1(O)CCCCC1. The molecular formula is C12H22O3. The zero-order valence-corrected chi connectivity index (χ0v) is 10.0. The normalized spacial score (nSPS) is 21.1. The standard InChI is InChI=1S/C12H22O3/c1-11(2,3)15-10(13)9-12(14)7-5-4-6-8-12/h14H,4-9H2,1-3H3. The van der Waals surface area contributed by atoms with Crippen LogP contribution in [0.4, 0.5) is 0 Å². The van der Waals surface area contributed by atoms with Gasteiger partial charge in [0, 0.05) is 0 Å². The Morgan fingerprint density at radius 3 is 2.27 bits per heavy atom. The molecule has 0 heterocycles. The molecule has 0 radical (unpaired) electrons. The summed E-state index contributed by atoms with van der Waals surface area (Å²) in [4.78, 5) is 11.5. The fraction of sp³-hybridized carbons (Fsp3) is 0.917. The molecule has 3 nitrogen and oxygen atoms in total. The van der Waals surface area contributed by atoms with Crippen molar-refractivity contribution in [2.45, 2.75) is 70.5 Å². The van der Waals surface area contributed by atoms with E-state index in [-0.39, 0.29) is 12.4 Å². The zero-order valence-electron chi connectivity index (χ0n) is 10.0. The lowest BCUT2D eigenvalue weighted by Crippen LogP contribution is -2.36. The molecule has 0 aromatic carbocycles. The molecule has 0 aromatic rings. The third-order valence-corrected chi connectivity index (χ3v) is 2.68. The average molecular weight is 214 g/mol. The maximum atomic E-state index is 11.5. The van der Waals surface area contributed by atoms with Crippen LogP contribution in [-0.2, 0) is 9.53 Å². The Labute approximate surface area is 91.8 Å². The van der Waals surface area contributed by atoms with E-state index in [4.69, 9.17) is 4.74 Å². The molecule has 0 bridgehead atoms. The highest BCUT2D eigenvalue weighted by Crippen LogP contribution is 2.31. The minimum Gasteiger partial charge on any atom is -0.460 e. The maximum absolute atomic E-state index is 11.5. The number of aliphatic hydroxyl groups is 1. The molecule has 3 heteroatoms. The highest BCUT2D eigenvalue weighted by Gasteiger charge is 2.33. The van der Waals surface area contributed by atoms with E-state index in [0.717, 1.165) is 32.1 Å². The first-order valence-corrected chi connectivity index (χ1v) is 5.75. The van der Waals surface area contributed by atoms with Gasteiger partial charge in [-0.3, -0.25) is 4.79 Å². The number of carbonyl (C=O) groups excluding carboxylic acids is 1. The monoisotopic (exact) mass is 214 g/mol. The number of esters is 1. The summed E-state index contributed by atoms with van der Waals surface area (Å²) in [6.45, 7) is 5.53. The highest BCUT2D eigenvalue weighted by molar-refractivity contribution is 5.71. The molecule has 1 aliphatic carbocycles. The summed E-state index contributed by atoms with van der Waals surface area (Å²) in [5.74, 6) is -0.285. The van der Waals surface area contributed by atoms with Crippen molar-refractivity contribution in [2.24, 2.45) is 0 Å². The van der Waals surface area contributed by atoms with Crippen LogP contribution in [0.3, 0.4) is 0 Å². The lowest BCUT2D eigenvalue weighted by atomic mass is 9.82. The molecular weight excluding hydrogens is 192 g/mol. The lowest BCUT2D eigenvalue weighted by molar-refractivity contribution is -0.161. The van der Waals surface area contributed by atoms with Crippen LogP contribution in [-0.4, -0.2) is 22.3 Å². The molecule has 0 spiro atoms. The van der Waals surface area contributed by atoms with Crippen molar-refractivity contribution in [3.63, 3.8) is 0 Å². The summed E-state index contributed by atoms with van der Waals surface area (Å²) in [5, 5.41) is 10.1. The summed E-state index contributed by atoms with van der Waals surface area (Å²) < 4.78 is 5.21. The Bertz CT molecular complexity index is 222. The quantitative estimate of drug-likeness (QED) is 0.718. The van der Waals surface area contributed by atoms with E-state index in [1.165, 1.54) is 0 Å². The molecule has 0 amide bonds. The van der Waals surface area contributed by atoms with Gasteiger partial charge in [0.2, 0.25) is 0 Å². The van der Waals surface area contributed by atoms with Crippen molar-refractivity contribution in [1.29, 1.82) is 0 Å². The largest absolute Gasteiger partial charge is 0.460 e. The molecule has 0 unspecified atom stereocenters. The Morgan fingerprint density at radius 1 is 1.27 bits per heavy atom. The number of hydrogen-bond donors (Lipinski definition) is 1. The molecule has 1 aliphatic rings. The van der Waals surface area contributed by atoms with Gasteiger partial charge in [-0.1, -0.05) is 19.3 Å². The van der Waals surface area contributed by atoms with Gasteiger partial charge in [-0.15, -0.1) is 0 Å². The minimum atomic E-state index is -0.805. The van der Waals surface area contributed by atoms with E-state index in [2.05, 4.69) is 0 Å². The molecule has 1 rings (SSSR count). The Balaban J connectivity index is 2.42. The van der Waals surface area contributed by atoms with Gasteiger partial charge in [-0.25, -0.2) is 0 Å². The van der Waals surface area contributed by atoms with E-state index < -0.39 is 11.2 Å². The van der Waals surface area contributed by atoms with Crippen LogP contribution in [0.25, 0.3) is 0 Å². The van der Waals surface area contributed by atoms with E-state index in [1.807, 2.05) is 20.8 Å². The maximum Gasteiger partial charge on any atom is 0.309 e. The number of hydrogen-bond acceptors (Lipinski definition) is 3. The van der Waals surface area contributed by atoms with Crippen LogP contribution >= 0.6 is 0 Å². The van der Waals surface area contributed by atoms with Crippen molar-refractivity contribution in [2.75, 3.05) is 0 Å². The predicted octanol–water partition coefficient (Wildman–Crippen LogP) is 2.41. The van der Waals surface area contributed by atoms with E-state index in [0.29, 0.717) is 0 Å². The highest BCUT2D eigenvalue weighted by atomic mass is 16.6. The smallest absolute Gasteiger partial charge is 0.309 e. The molecule has 0 atom stereocenters. The van der Waals surface area contributed by atoms with Crippen LogP contribution in [0, 0.1) is 0 Å². The summed E-state index contributed by atoms with van der Waals surface area (Å²) >= 11 is 0. The Kier molecular flexibility index (Phi) is 3.77. The number of carbonyl (C=O) groups is 1. The van der Waals surface area contributed by atoms with Crippen molar-refractivity contribution in [3.8, 4) is 0 Å². The van der Waals surface area contributed by atoms with Crippen molar-refractivity contribution < 1.29 is 14.6 Å². The Morgan fingerprint density at radius 2 is 1.80 bits per heavy atom. The van der Waals surface area contributed by atoms with E-state index in [1.54, 1.807) is 0 Å². The number of rotatable bonds is 2. The van der Waals surface area contributed by atoms with E-state index in [9.17, 15) is 9.90 Å². The first-order chi connectivity index (χ1) is 6.81. The van der Waals surface area contributed by atoms with Crippen LogP contribution in [0.5, 0.6) is 0 Å². The fourth-order valence-electron chi connectivity index (χ4n) is 2.03. The second kappa shape index (κ2) is 4.52. The van der Waals surface area contributed by atoms with Gasteiger partial charge in [0.1, 0.15) is 5.60 Å². The molecule has 15 heavy (non-hydrogen) atoms. The van der Waals surface area contributed by atoms with Gasteiger partial charge in [-0.2, -0.15) is 0 Å². The van der Waals surface area contributed by atoms with Gasteiger partial charge in [-0.05, 0) is 33.6 Å². The molecule has 1 fully saturated rings. The first kappa shape index (κ1) is 12.5. The Hall–Kier alpha value is -0.570. The third kappa shape index (κ3) is 4.65. The molecule has 88 valence electrons. The van der Waals surface area contributed by atoms with Gasteiger partial charge in [0.25, 0.3) is 0 Å². The third-order valence-electron chi connectivity index (χ3n) is 2.68. The summed E-state index contributed by atoms with van der Waals surface area (Å²) in [5.41, 5.74) is -1.26. The van der Waals surface area contributed by atoms with Crippen LogP contribution in [0.2, 0.25) is 0 Å².